The van der Waals surface area contributed by atoms with Gasteiger partial charge < -0.3 is 77.3 Å². The molecule has 0 aliphatic carbocycles. The van der Waals surface area contributed by atoms with Crippen LogP contribution in [0.3, 0.4) is 0 Å². The second-order valence-corrected chi connectivity index (χ2v) is 17.6. The molecule has 23 nitrogen and oxygen atoms in total. The second kappa shape index (κ2) is 26.3. The van der Waals surface area contributed by atoms with Crippen LogP contribution in [0.25, 0.3) is 11.0 Å². The largest absolute Gasteiger partial charge is 1.00 e. The molecule has 26 heteroatoms. The monoisotopic (exact) mass is 971 g/mol. The number of aromatic nitrogens is 5. The number of carboxylic acids is 1. The molecule has 2 aromatic carbocycles. The Morgan fingerprint density at radius 2 is 1.76 bits per heavy atom. The first-order valence-electron chi connectivity index (χ1n) is 19.2. The molecule has 2 saturated heterocycles. The third kappa shape index (κ3) is 14.0. The number of nitro groups is 1. The molecule has 7 rings (SSSR count). The minimum Gasteiger partial charge on any atom is -0.508 e. The summed E-state index contributed by atoms with van der Waals surface area (Å²) in [7, 11) is 0.312. The normalized spacial score (nSPS) is 17.2. The van der Waals surface area contributed by atoms with E-state index in [0.717, 1.165) is 34.5 Å². The Labute approximate surface area is 407 Å². The number of ether oxygens (including phenoxy) is 2. The number of pyridine rings is 1. The van der Waals surface area contributed by atoms with Crippen molar-refractivity contribution in [3.8, 4) is 11.5 Å². The number of carbonyl (C=O) groups is 3. The van der Waals surface area contributed by atoms with Crippen LogP contribution in [0.5, 0.6) is 11.5 Å². The number of phenols is 1. The number of hydrogen-bond donors (Lipinski definition) is 5. The molecule has 356 valence electrons. The minimum absolute atomic E-state index is 0. The first kappa shape index (κ1) is 59.0. The van der Waals surface area contributed by atoms with Gasteiger partial charge in [0.25, 0.3) is 0 Å². The van der Waals surface area contributed by atoms with Gasteiger partial charge in [0.2, 0.25) is 11.8 Å². The summed E-state index contributed by atoms with van der Waals surface area (Å²) in [6.45, 7) is 8.42. The van der Waals surface area contributed by atoms with E-state index in [1.165, 1.54) is 51.7 Å². The van der Waals surface area contributed by atoms with Crippen LogP contribution >= 0.6 is 11.8 Å². The number of carboxylic acid groups (broad SMARTS) is 1. The number of methoxy groups -OCH3 is 1. The topological polar surface area (TPSA) is 384 Å². The van der Waals surface area contributed by atoms with E-state index in [4.69, 9.17) is 20.3 Å². The van der Waals surface area contributed by atoms with Crippen molar-refractivity contribution in [3.05, 3.63) is 99.8 Å². The number of hydrogen-bond acceptors (Lipinski definition) is 15. The molecule has 2 fully saturated rings. The number of aryl methyl sites for hydroxylation is 1. The summed E-state index contributed by atoms with van der Waals surface area (Å²) in [6, 6.07) is 12.5. The first-order valence-corrected chi connectivity index (χ1v) is 21.4. The molecule has 2 aliphatic rings. The smallest absolute Gasteiger partial charge is 0.508 e. The molecule has 0 bridgehead atoms. The van der Waals surface area contributed by atoms with Crippen LogP contribution in [0.4, 0.5) is 5.82 Å². The Bertz CT molecular complexity index is 2390. The number of β-lactam (4-membered cyclic amide) rings is 1. The molecular weight excluding hydrogens is 918 g/mol. The molecule has 0 spiro atoms. The number of fused-ring (bicyclic) bond motifs is 2. The number of carbonyl (C=O) groups excluding carboxylic acids is 2. The summed E-state index contributed by atoms with van der Waals surface area (Å²) in [5.74, 6) is -0.465. The SMILES string of the molecule is CC1(C)S[C@@H]2[C@H](NC(=O)[C@H](N)c3ccc(O)cc3)C(=O)N2[C@H]1C(=O)O.COCCCOc1ccnc(CS(=O)c2nc3ccccc3[n-]2)c1C.Cc1ncc([N+](=O)[O-])n1CCO.O.O.O.[Na+]. The predicted octanol–water partition coefficient (Wildman–Crippen LogP) is -2.74. The average molecular weight is 972 g/mol. The molecule has 66 heavy (non-hydrogen) atoms. The zero-order chi connectivity index (χ0) is 45.3. The summed E-state index contributed by atoms with van der Waals surface area (Å²) in [5, 5.41) is 40.2. The van der Waals surface area contributed by atoms with Crippen molar-refractivity contribution in [2.45, 2.75) is 79.8 Å². The van der Waals surface area contributed by atoms with Gasteiger partial charge in [0.15, 0.2) is 5.82 Å². The standard InChI is InChI=1S/C18H20N3O3S.C16H19N3O5S.C6H9N3O3.Na.3H2O/c1-13-16(19-9-8-17(13)24-11-5-10-23-2)12-25(22)18-20-14-6-3-4-7-15(14)21-18;1-16(2)11(15(23)24)19-13(22)10(14(19)25-16)18-12(21)9(17)7-3-5-8(20)6-4-7;1-5-7-4-6(9(11)12)8(5)2-3-10;;;;/h3-4,6-9H,5,10-12H2,1-2H3;3-6,9-11,14,20H,17H2,1-2H3,(H,18,21)(H,23,24);4,10H,2-3H2,1H3;;3*1H2/q-1;;;+1;;;/t;9-,10-,11+,14-;;;;;/m.1...../s1. The Balaban J connectivity index is 0.000000508. The quantitative estimate of drug-likeness (QED) is 0.0234. The number of aliphatic hydroxyl groups excluding tert-OH is 1. The fourth-order valence-corrected chi connectivity index (χ4v) is 9.32. The molecule has 5 aromatic rings. The maximum Gasteiger partial charge on any atom is 1.00 e. The van der Waals surface area contributed by atoms with E-state index < -0.39 is 61.8 Å². The average Bonchev–Trinajstić information content (AvgIpc) is 3.92. The van der Waals surface area contributed by atoms with Crippen LogP contribution < -0.4 is 50.3 Å². The van der Waals surface area contributed by atoms with Crippen molar-refractivity contribution in [2.24, 2.45) is 5.73 Å². The van der Waals surface area contributed by atoms with Crippen LogP contribution in [0.15, 0.2) is 72.1 Å². The van der Waals surface area contributed by atoms with Crippen LogP contribution in [0, 0.1) is 24.0 Å². The van der Waals surface area contributed by atoms with Crippen LogP contribution in [-0.2, 0) is 42.2 Å². The summed E-state index contributed by atoms with van der Waals surface area (Å²) in [6.07, 6.45) is 3.67. The number of thioether (sulfide) groups is 1. The van der Waals surface area contributed by atoms with E-state index in [2.05, 4.69) is 25.3 Å². The molecule has 1 unspecified atom stereocenters. The van der Waals surface area contributed by atoms with E-state index in [1.807, 2.05) is 37.3 Å². The van der Waals surface area contributed by atoms with Crippen LogP contribution in [0.2, 0.25) is 0 Å². The molecule has 0 saturated carbocycles. The number of imidazole rings is 2. The summed E-state index contributed by atoms with van der Waals surface area (Å²) in [4.78, 5) is 64.1. The van der Waals surface area contributed by atoms with E-state index in [9.17, 15) is 38.9 Å². The van der Waals surface area contributed by atoms with Gasteiger partial charge in [0, 0.05) is 48.7 Å². The van der Waals surface area contributed by atoms with Gasteiger partial charge in [-0.25, -0.2) is 14.3 Å². The van der Waals surface area contributed by atoms with Crippen molar-refractivity contribution < 1.29 is 94.3 Å². The van der Waals surface area contributed by atoms with Gasteiger partial charge in [-0.15, -0.1) is 11.8 Å². The van der Waals surface area contributed by atoms with Crippen molar-refractivity contribution in [1.29, 1.82) is 0 Å². The van der Waals surface area contributed by atoms with E-state index >= 15 is 0 Å². The molecule has 0 radical (unpaired) electrons. The number of aliphatic hydroxyl groups is 1. The van der Waals surface area contributed by atoms with Gasteiger partial charge in [0.05, 0.1) is 35.5 Å². The second-order valence-electron chi connectivity index (χ2n) is 14.5. The van der Waals surface area contributed by atoms with Crippen LogP contribution in [0.1, 0.15) is 49.0 Å². The number of aromatic hydroxyl groups is 1. The van der Waals surface area contributed by atoms with E-state index in [-0.39, 0.29) is 76.5 Å². The molecule has 5 heterocycles. The Kier molecular flexibility index (Phi) is 23.5. The Morgan fingerprint density at radius 3 is 2.36 bits per heavy atom. The fraction of sp³-hybridized carbons (Fsp3) is 0.400. The maximum atomic E-state index is 12.6. The van der Waals surface area contributed by atoms with Gasteiger partial charge in [-0.05, 0) is 60.5 Å². The molecule has 2 amide bonds. The third-order valence-corrected chi connectivity index (χ3v) is 12.5. The summed E-state index contributed by atoms with van der Waals surface area (Å²) < 4.78 is 24.1. The van der Waals surface area contributed by atoms with Gasteiger partial charge in [-0.2, -0.15) is 0 Å². The number of rotatable bonds is 15. The van der Waals surface area contributed by atoms with E-state index in [1.54, 1.807) is 34.1 Å². The maximum absolute atomic E-state index is 12.6. The van der Waals surface area contributed by atoms with Crippen molar-refractivity contribution in [3.63, 3.8) is 0 Å². The molecule has 12 N–H and O–H groups in total. The van der Waals surface area contributed by atoms with Crippen molar-refractivity contribution in [1.82, 2.24) is 34.7 Å². The molecular formula is C40H54N9NaO14S2. The number of nitrogens with two attached hydrogens (primary N) is 1. The predicted molar refractivity (Wildman–Crippen MR) is 238 cm³/mol. The van der Waals surface area contributed by atoms with Gasteiger partial charge in [-0.1, -0.05) is 36.4 Å². The number of amides is 2. The van der Waals surface area contributed by atoms with E-state index in [0.29, 0.717) is 29.8 Å². The van der Waals surface area contributed by atoms with Gasteiger partial charge >= 0.3 is 41.3 Å². The number of nitrogens with zero attached hydrogens (tertiary/aromatic N) is 7. The number of phenolic OH excluding ortho intramolecular Hbond substituents is 1. The minimum atomic E-state index is -1.35. The Morgan fingerprint density at radius 1 is 1.09 bits per heavy atom. The number of para-hydroxylation sites is 2. The summed E-state index contributed by atoms with van der Waals surface area (Å²) >= 11 is 1.35. The van der Waals surface area contributed by atoms with Gasteiger partial charge in [0.1, 0.15) is 47.7 Å². The summed E-state index contributed by atoms with van der Waals surface area (Å²) in [5.41, 5.74) is 9.55. The number of nitrogens with one attached hydrogen (secondary N) is 1. The van der Waals surface area contributed by atoms with Gasteiger partial charge in [-0.3, -0.25) is 18.8 Å². The fourth-order valence-electron chi connectivity index (χ4n) is 6.62. The zero-order valence-electron chi connectivity index (χ0n) is 37.0. The zero-order valence-corrected chi connectivity index (χ0v) is 40.7. The molecule has 3 aromatic heterocycles. The molecule has 2 aliphatic heterocycles. The first-order chi connectivity index (χ1) is 29.5. The third-order valence-electron chi connectivity index (χ3n) is 9.85. The molecule has 5 atom stereocenters. The van der Waals surface area contributed by atoms with Crippen LogP contribution in [-0.4, -0.2) is 132 Å². The number of benzene rings is 2. The number of aliphatic carboxylic acids is 1. The Hall–Kier alpha value is -5.06. The van der Waals surface area contributed by atoms with Crippen molar-refractivity contribution in [2.75, 3.05) is 26.9 Å². The van der Waals surface area contributed by atoms with Crippen molar-refractivity contribution >= 4 is 57.2 Å².